The lowest BCUT2D eigenvalue weighted by Gasteiger charge is -2.28. The summed E-state index contributed by atoms with van der Waals surface area (Å²) < 4.78 is 68.5. The number of nitrogens with zero attached hydrogens (tertiary/aromatic N) is 3. The maximum Gasteiger partial charge on any atom is 0.348 e. The van der Waals surface area contributed by atoms with Crippen molar-refractivity contribution in [2.24, 2.45) is 0 Å². The molecule has 17 nitrogen and oxygen atoms in total. The fourth-order valence-corrected chi connectivity index (χ4v) is 12.7. The van der Waals surface area contributed by atoms with Crippen molar-refractivity contribution in [3.05, 3.63) is 107 Å². The monoisotopic (exact) mass is 1120 g/mol. The van der Waals surface area contributed by atoms with Gasteiger partial charge in [0.05, 0.1) is 35.2 Å². The van der Waals surface area contributed by atoms with Crippen LogP contribution in [0.4, 0.5) is 5.69 Å². The molecule has 4 amide bonds. The van der Waals surface area contributed by atoms with Gasteiger partial charge in [-0.1, -0.05) is 64.8 Å². The number of alkyl halides is 1. The van der Waals surface area contributed by atoms with Gasteiger partial charge in [0.25, 0.3) is 5.91 Å². The summed E-state index contributed by atoms with van der Waals surface area (Å²) >= 11 is 3.46. The number of hydrogen-bond acceptors (Lipinski definition) is 12. The number of likely N-dealkylation sites (tertiary alicyclic amines) is 1. The van der Waals surface area contributed by atoms with Crippen molar-refractivity contribution in [3.63, 3.8) is 0 Å². The summed E-state index contributed by atoms with van der Waals surface area (Å²) in [5, 5.41) is 9.80. The van der Waals surface area contributed by atoms with Gasteiger partial charge in [-0.25, -0.2) is 13.0 Å². The van der Waals surface area contributed by atoms with Crippen LogP contribution in [0.1, 0.15) is 106 Å². The molecule has 6 rings (SSSR count). The Morgan fingerprint density at radius 1 is 0.878 bits per heavy atom. The molecular weight excluding hydrogens is 1050 g/mol. The number of unbranched alkanes of at least 4 members (excludes halogenated alkanes) is 2. The van der Waals surface area contributed by atoms with Gasteiger partial charge in [0.15, 0.2) is 0 Å². The highest BCUT2D eigenvalue weighted by Crippen LogP contribution is 2.64. The van der Waals surface area contributed by atoms with E-state index in [0.717, 1.165) is 59.3 Å². The molecule has 1 fully saturated rings. The van der Waals surface area contributed by atoms with Crippen LogP contribution in [-0.2, 0) is 44.7 Å². The van der Waals surface area contributed by atoms with Crippen LogP contribution >= 0.6 is 23.5 Å². The lowest BCUT2D eigenvalue weighted by atomic mass is 9.90. The van der Waals surface area contributed by atoms with Gasteiger partial charge in [-0.2, -0.15) is 0 Å². The molecule has 0 aromatic heterocycles. The van der Waals surface area contributed by atoms with Gasteiger partial charge in [-0.05, 0) is 108 Å². The molecule has 0 radical (unpaired) electrons. The SMILES string of the molecule is CCOP(=O)(OCC)C(Br)c1ccc(CNC(=O)CCCCCNC(=O)C(CS(=O)(=O)[O-])NC(=O)C2CCCN2C(=O)c2ccccc2-c2c3ccc(=[N+](CC)CC)cc-3oc3cc(N(CC)CC)ccc23)cc1. The fourth-order valence-electron chi connectivity index (χ4n) is 9.42. The number of hydrogen-bond donors (Lipinski definition) is 3. The second-order valence-corrected chi connectivity index (χ2v) is 23.2. The van der Waals surface area contributed by atoms with E-state index in [2.05, 4.69) is 69.1 Å². The predicted octanol–water partition coefficient (Wildman–Crippen LogP) is 8.15. The van der Waals surface area contributed by atoms with Crippen LogP contribution in [-0.4, -0.2) is 112 Å². The zero-order valence-electron chi connectivity index (χ0n) is 43.2. The van der Waals surface area contributed by atoms with Crippen molar-refractivity contribution in [2.75, 3.05) is 63.1 Å². The molecule has 20 heteroatoms. The van der Waals surface area contributed by atoms with Gasteiger partial charge in [0.2, 0.25) is 23.1 Å². The first-order valence-electron chi connectivity index (χ1n) is 25.6. The number of anilines is 1. The van der Waals surface area contributed by atoms with E-state index in [1.54, 1.807) is 38.1 Å². The minimum Gasteiger partial charge on any atom is -0.748 e. The highest BCUT2D eigenvalue weighted by atomic mass is 79.9. The molecule has 0 saturated carbocycles. The van der Waals surface area contributed by atoms with Crippen LogP contribution in [0.5, 0.6) is 0 Å². The molecule has 400 valence electrons. The second-order valence-electron chi connectivity index (χ2n) is 18.0. The lowest BCUT2D eigenvalue weighted by Crippen LogP contribution is -2.55. The fraction of sp³-hybridized carbons (Fsp3) is 0.463. The summed E-state index contributed by atoms with van der Waals surface area (Å²) in [6, 6.07) is 23.9. The number of nitrogens with one attached hydrogen (secondary N) is 3. The van der Waals surface area contributed by atoms with Crippen LogP contribution in [0, 0.1) is 0 Å². The first-order valence-corrected chi connectivity index (χ1v) is 29.7. The molecule has 1 aliphatic carbocycles. The van der Waals surface area contributed by atoms with E-state index in [1.807, 2.05) is 60.7 Å². The summed E-state index contributed by atoms with van der Waals surface area (Å²) in [7, 11) is -8.40. The quantitative estimate of drug-likeness (QED) is 0.0119. The number of halogens is 1. The van der Waals surface area contributed by atoms with E-state index in [0.29, 0.717) is 53.7 Å². The molecule has 3 atom stereocenters. The van der Waals surface area contributed by atoms with E-state index >= 15 is 0 Å². The Morgan fingerprint density at radius 3 is 2.24 bits per heavy atom. The van der Waals surface area contributed by atoms with E-state index in [4.69, 9.17) is 13.5 Å². The predicted molar refractivity (Wildman–Crippen MR) is 291 cm³/mol. The maximum atomic E-state index is 14.8. The summed E-state index contributed by atoms with van der Waals surface area (Å²) in [6.45, 7) is 16.2. The molecule has 0 bridgehead atoms. The molecule has 3 aromatic rings. The molecule has 2 aliphatic heterocycles. The van der Waals surface area contributed by atoms with Crippen molar-refractivity contribution in [2.45, 2.75) is 103 Å². The van der Waals surface area contributed by atoms with Crippen LogP contribution in [0.15, 0.2) is 89.3 Å². The van der Waals surface area contributed by atoms with Gasteiger partial charge >= 0.3 is 7.60 Å². The highest BCUT2D eigenvalue weighted by molar-refractivity contribution is 9.10. The van der Waals surface area contributed by atoms with E-state index < -0.39 is 57.8 Å². The second kappa shape index (κ2) is 26.9. The van der Waals surface area contributed by atoms with Gasteiger partial charge in [0.1, 0.15) is 41.1 Å². The zero-order chi connectivity index (χ0) is 53.6. The minimum absolute atomic E-state index is 0.0979. The van der Waals surface area contributed by atoms with Crippen molar-refractivity contribution < 1.29 is 50.2 Å². The Balaban J connectivity index is 1.09. The largest absolute Gasteiger partial charge is 0.748 e. The molecular formula is C54H70BrN6O11PS. The average molecular weight is 1120 g/mol. The molecule has 3 N–H and O–H groups in total. The summed E-state index contributed by atoms with van der Waals surface area (Å²) in [4.78, 5) is 58.6. The summed E-state index contributed by atoms with van der Waals surface area (Å²) in [5.74, 6) is -2.73. The average Bonchev–Trinajstić information content (AvgIpc) is 3.89. The highest BCUT2D eigenvalue weighted by Gasteiger charge is 2.38. The number of carbonyl (C=O) groups excluding carboxylic acids is 4. The van der Waals surface area contributed by atoms with Crippen molar-refractivity contribution in [1.29, 1.82) is 0 Å². The summed E-state index contributed by atoms with van der Waals surface area (Å²) in [6.07, 6.45) is 2.43. The van der Waals surface area contributed by atoms with Crippen molar-refractivity contribution >= 4 is 73.9 Å². The normalized spacial score (nSPS) is 14.7. The van der Waals surface area contributed by atoms with Crippen molar-refractivity contribution in [3.8, 4) is 22.5 Å². The molecule has 3 aromatic carbocycles. The maximum absolute atomic E-state index is 14.8. The molecule has 3 unspecified atom stereocenters. The number of fused-ring (bicyclic) bond motifs is 2. The molecule has 0 spiro atoms. The number of rotatable bonds is 26. The topological polar surface area (TPSA) is 220 Å². The number of benzene rings is 4. The van der Waals surface area contributed by atoms with Crippen LogP contribution in [0.2, 0.25) is 0 Å². The number of carbonyl (C=O) groups is 4. The molecule has 1 saturated heterocycles. The standard InChI is InChI=1S/C54H70BrN6O11PS/c1-7-59(8-2)39-27-29-43-47(33-39)72-48-34-40(60(9-3)10-4)28-30-44(48)50(43)41-19-15-16-20-42(41)54(65)61-32-18-21-46(61)53(64)58-45(36-74(67,68)69)52(63)56-31-17-13-14-22-49(62)57-35-37-23-25-38(26-24-37)51(55)73(66,70-11-5)71-12-6/h15-16,19-20,23-30,33-34,45-46,51H,7-14,17-18,21-22,31-32,35-36H2,1-6H3,(H3-,56,57,58,62,63,64,67,68,69). The molecule has 3 aliphatic rings. The van der Waals surface area contributed by atoms with E-state index in [9.17, 15) is 36.7 Å². The van der Waals surface area contributed by atoms with Gasteiger partial charge < -0.3 is 43.8 Å². The third-order valence-corrected chi connectivity index (χ3v) is 18.1. The van der Waals surface area contributed by atoms with Crippen LogP contribution in [0.3, 0.4) is 0 Å². The third kappa shape index (κ3) is 14.5. The van der Waals surface area contributed by atoms with Crippen LogP contribution in [0.25, 0.3) is 33.4 Å². The smallest absolute Gasteiger partial charge is 0.348 e. The lowest BCUT2D eigenvalue weighted by molar-refractivity contribution is -0.130. The Bertz CT molecular complexity index is 2950. The van der Waals surface area contributed by atoms with Crippen molar-refractivity contribution in [1.82, 2.24) is 25.4 Å². The minimum atomic E-state index is -4.98. The third-order valence-electron chi connectivity index (χ3n) is 13.2. The first-order chi connectivity index (χ1) is 35.5. The Hall–Kier alpha value is -5.43. The van der Waals surface area contributed by atoms with Gasteiger partial charge in [0, 0.05) is 79.0 Å². The zero-order valence-corrected chi connectivity index (χ0v) is 46.5. The van der Waals surface area contributed by atoms with Crippen LogP contribution < -0.4 is 30.8 Å². The van der Waals surface area contributed by atoms with Gasteiger partial charge in [-0.15, -0.1) is 0 Å². The Labute approximate surface area is 443 Å². The molecule has 2 heterocycles. The number of amides is 4. The van der Waals surface area contributed by atoms with Gasteiger partial charge in [-0.3, -0.25) is 23.7 Å². The molecule has 74 heavy (non-hydrogen) atoms. The summed E-state index contributed by atoms with van der Waals surface area (Å²) in [5.41, 5.74) is 5.77. The van der Waals surface area contributed by atoms with E-state index in [1.165, 1.54) is 4.90 Å². The van der Waals surface area contributed by atoms with E-state index in [-0.39, 0.29) is 51.6 Å². The Morgan fingerprint density at radius 2 is 1.58 bits per heavy atom. The first kappa shape index (κ1) is 57.8. The Kier molecular flexibility index (Phi) is 21.0.